The zero-order valence-electron chi connectivity index (χ0n) is 19.6. The Hall–Kier alpha value is -3.49. The van der Waals surface area contributed by atoms with Crippen LogP contribution in [0.25, 0.3) is 0 Å². The molecule has 0 fully saturated rings. The minimum absolute atomic E-state index is 0.000135. The summed E-state index contributed by atoms with van der Waals surface area (Å²) in [7, 11) is 0. The smallest absolute Gasteiger partial charge is 0.326 e. The number of carbonyl (C=O) groups is 3. The zero-order valence-corrected chi connectivity index (χ0v) is 19.6. The van der Waals surface area contributed by atoms with Gasteiger partial charge in [0.2, 0.25) is 5.54 Å². The van der Waals surface area contributed by atoms with E-state index >= 15 is 0 Å². The highest BCUT2D eigenvalue weighted by Crippen LogP contribution is 2.53. The van der Waals surface area contributed by atoms with Gasteiger partial charge >= 0.3 is 6.18 Å². The van der Waals surface area contributed by atoms with E-state index in [9.17, 15) is 31.9 Å². The van der Waals surface area contributed by atoms with Crippen LogP contribution in [0.4, 0.5) is 23.2 Å². The van der Waals surface area contributed by atoms with Gasteiger partial charge in [0.15, 0.2) is 5.78 Å². The molecule has 1 aliphatic heterocycles. The molecule has 0 radical (unpaired) electrons. The van der Waals surface area contributed by atoms with Crippen LogP contribution in [0, 0.1) is 25.1 Å². The van der Waals surface area contributed by atoms with Crippen molar-refractivity contribution in [3.63, 3.8) is 0 Å². The summed E-state index contributed by atoms with van der Waals surface area (Å²) < 4.78 is 58.9. The number of allylic oxidation sites excluding steroid dienone is 1. The Balaban J connectivity index is 1.97. The number of alkyl halides is 3. The van der Waals surface area contributed by atoms with Crippen LogP contribution in [-0.4, -0.2) is 29.3 Å². The van der Waals surface area contributed by atoms with Crippen molar-refractivity contribution in [1.82, 2.24) is 5.32 Å². The van der Waals surface area contributed by atoms with Crippen molar-refractivity contribution in [2.24, 2.45) is 5.41 Å². The minimum atomic E-state index is -5.38. The third-order valence-corrected chi connectivity index (χ3v) is 6.61. The number of anilines is 1. The summed E-state index contributed by atoms with van der Waals surface area (Å²) in [5.41, 5.74) is -4.19. The summed E-state index contributed by atoms with van der Waals surface area (Å²) in [6.45, 7) is 7.02. The van der Waals surface area contributed by atoms with Gasteiger partial charge in [-0.05, 0) is 61.1 Å². The number of hydrogen-bond acceptors (Lipinski definition) is 3. The summed E-state index contributed by atoms with van der Waals surface area (Å²) in [5.74, 6) is -4.90. The molecule has 0 saturated carbocycles. The summed E-state index contributed by atoms with van der Waals surface area (Å²) >= 11 is 0. The van der Waals surface area contributed by atoms with Crippen molar-refractivity contribution in [3.05, 3.63) is 76.2 Å². The second kappa shape index (κ2) is 8.03. The molecule has 0 bridgehead atoms. The Kier molecular flexibility index (Phi) is 5.65. The van der Waals surface area contributed by atoms with E-state index in [1.54, 1.807) is 38.2 Å². The number of benzene rings is 2. The fraction of sp³-hybridized carbons (Fsp3) is 0.346. The molecular weight excluding hydrogens is 464 g/mol. The van der Waals surface area contributed by atoms with Crippen molar-refractivity contribution in [2.45, 2.75) is 52.3 Å². The number of aryl methyl sites for hydroxylation is 2. The number of halogens is 4. The zero-order chi connectivity index (χ0) is 25.9. The van der Waals surface area contributed by atoms with Crippen LogP contribution in [0.3, 0.4) is 0 Å². The monoisotopic (exact) mass is 488 g/mol. The standard InChI is InChI=1S/C26H24F4N2O3/c1-14-9-10-16(11-15(14)2)32-19-12-24(3,4)13-20(33)21(19)25(23(32)35,26(28,29)30)31-22(34)17-7-5-6-8-18(17)27/h5-11H,12-13H2,1-4H3,(H,31,34)/t25-/m1/s1. The number of nitrogens with zero attached hydrogens (tertiary/aromatic N) is 1. The number of hydrogen-bond donors (Lipinski definition) is 1. The molecule has 1 aliphatic carbocycles. The van der Waals surface area contributed by atoms with Crippen molar-refractivity contribution in [2.75, 3.05) is 4.90 Å². The van der Waals surface area contributed by atoms with Crippen LogP contribution < -0.4 is 10.2 Å². The number of amides is 2. The highest BCUT2D eigenvalue weighted by atomic mass is 19.4. The Bertz CT molecular complexity index is 1300. The third-order valence-electron chi connectivity index (χ3n) is 6.61. The lowest BCUT2D eigenvalue weighted by Gasteiger charge is -2.35. The SMILES string of the molecule is Cc1ccc(N2C(=O)[C@@](NC(=O)c3ccccc3F)(C(F)(F)F)C3=C2CC(C)(C)CC3=O)cc1C. The van der Waals surface area contributed by atoms with Gasteiger partial charge in [-0.25, -0.2) is 4.39 Å². The van der Waals surface area contributed by atoms with Crippen LogP contribution in [0.1, 0.15) is 48.2 Å². The summed E-state index contributed by atoms with van der Waals surface area (Å²) in [6, 6.07) is 9.23. The highest BCUT2D eigenvalue weighted by Gasteiger charge is 2.72. The maximum absolute atomic E-state index is 14.9. The van der Waals surface area contributed by atoms with Crippen LogP contribution >= 0.6 is 0 Å². The molecule has 2 aromatic carbocycles. The molecular formula is C26H24F4N2O3. The fourth-order valence-corrected chi connectivity index (χ4v) is 4.77. The number of rotatable bonds is 3. The topological polar surface area (TPSA) is 66.5 Å². The fourth-order valence-electron chi connectivity index (χ4n) is 4.77. The lowest BCUT2D eigenvalue weighted by Crippen LogP contribution is -2.66. The molecule has 35 heavy (non-hydrogen) atoms. The molecule has 0 spiro atoms. The number of Topliss-reactive ketones (excluding diaryl/α,β-unsaturated/α-hetero) is 1. The van der Waals surface area contributed by atoms with E-state index in [1.807, 2.05) is 6.92 Å². The molecule has 184 valence electrons. The van der Waals surface area contributed by atoms with E-state index in [-0.39, 0.29) is 24.2 Å². The largest absolute Gasteiger partial charge is 0.425 e. The molecule has 2 aliphatic rings. The summed E-state index contributed by atoms with van der Waals surface area (Å²) in [6.07, 6.45) is -5.62. The van der Waals surface area contributed by atoms with Gasteiger partial charge in [0.1, 0.15) is 5.82 Å². The maximum atomic E-state index is 14.9. The van der Waals surface area contributed by atoms with Crippen molar-refractivity contribution >= 4 is 23.3 Å². The maximum Gasteiger partial charge on any atom is 0.425 e. The Morgan fingerprint density at radius 1 is 1.00 bits per heavy atom. The first-order valence-electron chi connectivity index (χ1n) is 11.0. The van der Waals surface area contributed by atoms with E-state index in [1.165, 1.54) is 18.2 Å². The quantitative estimate of drug-likeness (QED) is 0.607. The predicted octanol–water partition coefficient (Wildman–Crippen LogP) is 5.16. The molecule has 1 N–H and O–H groups in total. The van der Waals surface area contributed by atoms with Gasteiger partial charge < -0.3 is 5.32 Å². The molecule has 2 amide bonds. The highest BCUT2D eigenvalue weighted by molar-refractivity contribution is 6.21. The van der Waals surface area contributed by atoms with E-state index in [0.717, 1.165) is 28.2 Å². The van der Waals surface area contributed by atoms with Gasteiger partial charge in [0, 0.05) is 17.8 Å². The van der Waals surface area contributed by atoms with Gasteiger partial charge in [-0.2, -0.15) is 13.2 Å². The van der Waals surface area contributed by atoms with Gasteiger partial charge in [-0.1, -0.05) is 32.0 Å². The van der Waals surface area contributed by atoms with Crippen LogP contribution in [0.15, 0.2) is 53.7 Å². The first-order valence-corrected chi connectivity index (χ1v) is 11.0. The Morgan fingerprint density at radius 2 is 1.66 bits per heavy atom. The van der Waals surface area contributed by atoms with Gasteiger partial charge in [-0.3, -0.25) is 19.3 Å². The van der Waals surface area contributed by atoms with Gasteiger partial charge in [0.05, 0.1) is 11.1 Å². The normalized spacial score (nSPS) is 21.9. The lowest BCUT2D eigenvalue weighted by atomic mass is 9.72. The molecule has 4 rings (SSSR count). The average Bonchev–Trinajstić information content (AvgIpc) is 2.98. The lowest BCUT2D eigenvalue weighted by molar-refractivity contribution is -0.186. The van der Waals surface area contributed by atoms with Crippen LogP contribution in [0.5, 0.6) is 0 Å². The Morgan fingerprint density at radius 3 is 2.26 bits per heavy atom. The molecule has 0 unspecified atom stereocenters. The molecule has 0 aromatic heterocycles. The van der Waals surface area contributed by atoms with E-state index < -0.39 is 51.7 Å². The second-order valence-electron chi connectivity index (χ2n) is 9.85. The summed E-state index contributed by atoms with van der Waals surface area (Å²) in [4.78, 5) is 40.8. The van der Waals surface area contributed by atoms with Crippen molar-refractivity contribution < 1.29 is 31.9 Å². The number of ketones is 1. The van der Waals surface area contributed by atoms with E-state index in [2.05, 4.69) is 0 Å². The second-order valence-corrected chi connectivity index (χ2v) is 9.85. The molecule has 0 saturated heterocycles. The molecule has 1 atom stereocenters. The summed E-state index contributed by atoms with van der Waals surface area (Å²) in [5, 5.41) is 1.75. The van der Waals surface area contributed by atoms with Crippen LogP contribution in [-0.2, 0) is 9.59 Å². The van der Waals surface area contributed by atoms with Gasteiger partial charge in [0.25, 0.3) is 11.8 Å². The van der Waals surface area contributed by atoms with Gasteiger partial charge in [-0.15, -0.1) is 0 Å². The van der Waals surface area contributed by atoms with Crippen molar-refractivity contribution in [1.29, 1.82) is 0 Å². The molecule has 9 heteroatoms. The van der Waals surface area contributed by atoms with Crippen LogP contribution in [0.2, 0.25) is 0 Å². The third kappa shape index (κ3) is 3.83. The molecule has 5 nitrogen and oxygen atoms in total. The molecule has 1 heterocycles. The molecule has 2 aromatic rings. The minimum Gasteiger partial charge on any atom is -0.326 e. The number of nitrogens with one attached hydrogen (secondary N) is 1. The first-order chi connectivity index (χ1) is 16.2. The number of carbonyl (C=O) groups excluding carboxylic acids is 3. The van der Waals surface area contributed by atoms with Crippen molar-refractivity contribution in [3.8, 4) is 0 Å². The average molecular weight is 488 g/mol. The van der Waals surface area contributed by atoms with E-state index in [0.29, 0.717) is 0 Å². The first kappa shape index (κ1) is 24.6. The Labute approximate surface area is 199 Å². The van der Waals surface area contributed by atoms with E-state index in [4.69, 9.17) is 0 Å². The predicted molar refractivity (Wildman–Crippen MR) is 121 cm³/mol.